The Morgan fingerprint density at radius 3 is 2.54 bits per heavy atom. The van der Waals surface area contributed by atoms with Crippen molar-refractivity contribution in [1.29, 1.82) is 5.26 Å². The highest BCUT2D eigenvalue weighted by Gasteiger charge is 2.05. The first-order valence-electron chi connectivity index (χ1n) is 9.17. The van der Waals surface area contributed by atoms with Crippen molar-refractivity contribution in [3.63, 3.8) is 0 Å². The van der Waals surface area contributed by atoms with Gasteiger partial charge in [-0.05, 0) is 35.9 Å². The van der Waals surface area contributed by atoms with Crippen molar-refractivity contribution in [2.75, 3.05) is 11.9 Å². The van der Waals surface area contributed by atoms with Gasteiger partial charge < -0.3 is 10.1 Å². The van der Waals surface area contributed by atoms with Crippen LogP contribution in [0.5, 0.6) is 5.75 Å². The zero-order valence-electron chi connectivity index (χ0n) is 15.2. The number of nitrogens with zero attached hydrogens (tertiary/aromatic N) is 4. The number of aromatic amines is 1. The van der Waals surface area contributed by atoms with Gasteiger partial charge in [-0.25, -0.2) is 0 Å². The minimum Gasteiger partial charge on any atom is -0.494 e. The number of tetrazole rings is 1. The van der Waals surface area contributed by atoms with E-state index >= 15 is 0 Å². The lowest BCUT2D eigenvalue weighted by atomic mass is 10.1. The predicted molar refractivity (Wildman–Crippen MR) is 101 cm³/mol. The summed E-state index contributed by atoms with van der Waals surface area (Å²) in [4.78, 5) is 0. The molecule has 0 radical (unpaired) electrons. The Balaban J connectivity index is 1.69. The van der Waals surface area contributed by atoms with E-state index in [0.717, 1.165) is 24.5 Å². The van der Waals surface area contributed by atoms with Crippen molar-refractivity contribution < 1.29 is 4.74 Å². The standard InChI is InChI=1S/C19H26N6O/c1-2-3-4-5-6-7-8-13-26-18-11-9-17(10-12-18)21-15-16(14-20)19-22-24-25-23-19/h9-12,15,21H,2-8,13H2,1H3,(H,22,23,24,25). The van der Waals surface area contributed by atoms with Crippen LogP contribution in [0.4, 0.5) is 5.69 Å². The van der Waals surface area contributed by atoms with E-state index in [-0.39, 0.29) is 5.82 Å². The van der Waals surface area contributed by atoms with E-state index in [0.29, 0.717) is 5.57 Å². The van der Waals surface area contributed by atoms with Gasteiger partial charge in [-0.15, -0.1) is 10.2 Å². The Morgan fingerprint density at radius 1 is 1.15 bits per heavy atom. The van der Waals surface area contributed by atoms with E-state index in [1.54, 1.807) is 6.20 Å². The Hall–Kier alpha value is -2.88. The Kier molecular flexibility index (Phi) is 8.70. The lowest BCUT2D eigenvalue weighted by Crippen LogP contribution is -1.98. The second-order valence-electron chi connectivity index (χ2n) is 6.04. The molecular weight excluding hydrogens is 328 g/mol. The summed E-state index contributed by atoms with van der Waals surface area (Å²) in [5.41, 5.74) is 1.16. The maximum Gasteiger partial charge on any atom is 0.216 e. The van der Waals surface area contributed by atoms with E-state index in [9.17, 15) is 0 Å². The molecule has 0 saturated heterocycles. The molecule has 0 amide bonds. The summed E-state index contributed by atoms with van der Waals surface area (Å²) in [6.45, 7) is 2.98. The molecule has 0 fully saturated rings. The number of rotatable bonds is 12. The quantitative estimate of drug-likeness (QED) is 0.435. The molecule has 0 aliphatic rings. The highest BCUT2D eigenvalue weighted by Crippen LogP contribution is 2.17. The second kappa shape index (κ2) is 11.6. The highest BCUT2D eigenvalue weighted by atomic mass is 16.5. The van der Waals surface area contributed by atoms with Crippen LogP contribution in [0.15, 0.2) is 30.5 Å². The van der Waals surface area contributed by atoms with E-state index in [1.807, 2.05) is 30.3 Å². The van der Waals surface area contributed by atoms with Gasteiger partial charge in [0.05, 0.1) is 6.61 Å². The van der Waals surface area contributed by atoms with Gasteiger partial charge >= 0.3 is 0 Å². The van der Waals surface area contributed by atoms with Crippen molar-refractivity contribution in [3.8, 4) is 11.8 Å². The van der Waals surface area contributed by atoms with Crippen molar-refractivity contribution >= 4 is 11.3 Å². The number of unbranched alkanes of at least 4 members (excludes halogenated alkanes) is 6. The molecular formula is C19H26N6O. The maximum absolute atomic E-state index is 9.12. The molecule has 0 aliphatic carbocycles. The van der Waals surface area contributed by atoms with Gasteiger partial charge in [0.1, 0.15) is 17.4 Å². The Bertz CT molecular complexity index is 688. The Morgan fingerprint density at radius 2 is 1.88 bits per heavy atom. The third-order valence-electron chi connectivity index (χ3n) is 3.96. The van der Waals surface area contributed by atoms with Crippen LogP contribution in [0.3, 0.4) is 0 Å². The van der Waals surface area contributed by atoms with Crippen molar-refractivity contribution in [2.24, 2.45) is 0 Å². The van der Waals surface area contributed by atoms with Crippen molar-refractivity contribution in [1.82, 2.24) is 20.6 Å². The third-order valence-corrected chi connectivity index (χ3v) is 3.96. The zero-order valence-corrected chi connectivity index (χ0v) is 15.2. The first-order chi connectivity index (χ1) is 12.8. The van der Waals surface area contributed by atoms with E-state index in [2.05, 4.69) is 32.9 Å². The number of nitriles is 1. The number of H-pyrrole nitrogens is 1. The SMILES string of the molecule is CCCCCCCCCOc1ccc(NC=C(C#N)c2nn[nH]n2)cc1. The predicted octanol–water partition coefficient (Wildman–Crippen LogP) is 4.31. The molecule has 1 aromatic heterocycles. The van der Waals surface area contributed by atoms with E-state index < -0.39 is 0 Å². The van der Waals surface area contributed by atoms with Crippen molar-refractivity contribution in [3.05, 3.63) is 36.3 Å². The fourth-order valence-corrected chi connectivity index (χ4v) is 2.47. The van der Waals surface area contributed by atoms with Crippen LogP contribution in [0.2, 0.25) is 0 Å². The number of allylic oxidation sites excluding steroid dienone is 1. The number of hydrogen-bond acceptors (Lipinski definition) is 6. The topological polar surface area (TPSA) is 99.5 Å². The fraction of sp³-hybridized carbons (Fsp3) is 0.474. The third kappa shape index (κ3) is 6.93. The molecule has 7 nitrogen and oxygen atoms in total. The van der Waals surface area contributed by atoms with Crippen LogP contribution in [0.1, 0.15) is 57.7 Å². The van der Waals surface area contributed by atoms with Crippen LogP contribution in [0.25, 0.3) is 5.57 Å². The molecule has 7 heteroatoms. The molecule has 0 saturated carbocycles. The van der Waals surface area contributed by atoms with E-state index in [4.69, 9.17) is 10.00 Å². The lowest BCUT2D eigenvalue weighted by Gasteiger charge is -2.07. The monoisotopic (exact) mass is 354 g/mol. The molecule has 0 atom stereocenters. The second-order valence-corrected chi connectivity index (χ2v) is 6.04. The molecule has 0 unspecified atom stereocenters. The summed E-state index contributed by atoms with van der Waals surface area (Å²) in [6, 6.07) is 9.67. The van der Waals surface area contributed by atoms with Crippen LogP contribution < -0.4 is 10.1 Å². The van der Waals surface area contributed by atoms with Gasteiger partial charge in [-0.2, -0.15) is 10.5 Å². The summed E-state index contributed by atoms with van der Waals surface area (Å²) in [5.74, 6) is 1.11. The van der Waals surface area contributed by atoms with Gasteiger partial charge in [-0.1, -0.05) is 45.4 Å². The smallest absolute Gasteiger partial charge is 0.216 e. The molecule has 0 bridgehead atoms. The molecule has 26 heavy (non-hydrogen) atoms. The number of hydrogen-bond donors (Lipinski definition) is 2. The molecule has 0 spiro atoms. The van der Waals surface area contributed by atoms with Crippen LogP contribution >= 0.6 is 0 Å². The average Bonchev–Trinajstić information content (AvgIpc) is 3.20. The van der Waals surface area contributed by atoms with E-state index in [1.165, 1.54) is 38.5 Å². The summed E-state index contributed by atoms with van der Waals surface area (Å²) >= 11 is 0. The van der Waals surface area contributed by atoms with Gasteiger partial charge in [0.25, 0.3) is 0 Å². The molecule has 2 aromatic rings. The molecule has 1 aromatic carbocycles. The number of anilines is 1. The first kappa shape index (κ1) is 19.4. The maximum atomic E-state index is 9.12. The summed E-state index contributed by atoms with van der Waals surface area (Å²) < 4.78 is 5.77. The average molecular weight is 354 g/mol. The zero-order chi connectivity index (χ0) is 18.5. The number of nitrogens with one attached hydrogen (secondary N) is 2. The fourth-order valence-electron chi connectivity index (χ4n) is 2.47. The summed E-state index contributed by atoms with van der Waals surface area (Å²) in [7, 11) is 0. The number of ether oxygens (including phenoxy) is 1. The highest BCUT2D eigenvalue weighted by molar-refractivity contribution is 5.74. The normalized spacial score (nSPS) is 11.2. The van der Waals surface area contributed by atoms with Gasteiger partial charge in [0, 0.05) is 11.9 Å². The van der Waals surface area contributed by atoms with Crippen molar-refractivity contribution in [2.45, 2.75) is 51.9 Å². The molecule has 1 heterocycles. The number of aromatic nitrogens is 4. The molecule has 0 aliphatic heterocycles. The van der Waals surface area contributed by atoms with Crippen LogP contribution in [-0.2, 0) is 0 Å². The largest absolute Gasteiger partial charge is 0.494 e. The summed E-state index contributed by atoms with van der Waals surface area (Å²) in [5, 5.41) is 25.5. The molecule has 138 valence electrons. The van der Waals surface area contributed by atoms with Gasteiger partial charge in [-0.3, -0.25) is 0 Å². The number of benzene rings is 1. The van der Waals surface area contributed by atoms with Gasteiger partial charge in [0.15, 0.2) is 0 Å². The van der Waals surface area contributed by atoms with Gasteiger partial charge in [0.2, 0.25) is 5.82 Å². The lowest BCUT2D eigenvalue weighted by molar-refractivity contribution is 0.304. The summed E-state index contributed by atoms with van der Waals surface area (Å²) in [6.07, 6.45) is 10.5. The Labute approximate surface area is 154 Å². The minimum absolute atomic E-state index is 0.259. The minimum atomic E-state index is 0.259. The first-order valence-corrected chi connectivity index (χ1v) is 9.17. The molecule has 2 rings (SSSR count). The van der Waals surface area contributed by atoms with Crippen LogP contribution in [-0.4, -0.2) is 27.2 Å². The van der Waals surface area contributed by atoms with Crippen LogP contribution in [0, 0.1) is 11.3 Å². The molecule has 2 N–H and O–H groups in total.